The molecule has 4 aromatic carbocycles. The fourth-order valence-corrected chi connectivity index (χ4v) is 9.56. The molecule has 2 aromatic heterocycles. The Bertz CT molecular complexity index is 2500. The molecule has 1 unspecified atom stereocenters. The van der Waals surface area contributed by atoms with Gasteiger partial charge in [0.05, 0.1) is 63.5 Å². The molecule has 6 aromatic rings. The molecule has 0 amide bonds. The molecule has 15 nitrogen and oxygen atoms in total. The molecule has 328 valence electrons. The molecule has 63 heavy (non-hydrogen) atoms. The van der Waals surface area contributed by atoms with Gasteiger partial charge in [0.2, 0.25) is 0 Å². The van der Waals surface area contributed by atoms with Crippen molar-refractivity contribution in [2.75, 3.05) is 27.4 Å². The summed E-state index contributed by atoms with van der Waals surface area (Å²) >= 11 is 0. The van der Waals surface area contributed by atoms with Crippen molar-refractivity contribution in [1.29, 1.82) is 5.26 Å². The zero-order valence-corrected chi connectivity index (χ0v) is 37.1. The van der Waals surface area contributed by atoms with Crippen molar-refractivity contribution >= 4 is 8.53 Å². The summed E-state index contributed by atoms with van der Waals surface area (Å²) < 4.78 is 43.7. The molecule has 0 aliphatic carbocycles. The maximum Gasteiger partial charge on any atom is 0.330 e. The van der Waals surface area contributed by atoms with Crippen molar-refractivity contribution < 1.29 is 28.0 Å². The highest BCUT2D eigenvalue weighted by atomic mass is 31.2. The van der Waals surface area contributed by atoms with Gasteiger partial charge in [0.1, 0.15) is 35.1 Å². The summed E-state index contributed by atoms with van der Waals surface area (Å²) in [6.07, 6.45) is 1.07. The van der Waals surface area contributed by atoms with E-state index in [1.165, 1.54) is 10.8 Å². The molecule has 1 aliphatic heterocycles. The molecular weight excluding hydrogens is 822 g/mol. The largest absolute Gasteiger partial charge is 0.497 e. The van der Waals surface area contributed by atoms with Crippen LogP contribution in [0.4, 0.5) is 0 Å². The number of nitrogens with zero attached hydrogens (tertiary/aromatic N) is 6. The van der Waals surface area contributed by atoms with E-state index in [9.17, 15) is 14.9 Å². The fraction of sp³-hybridized carbons (Fsp3) is 0.340. The van der Waals surface area contributed by atoms with Crippen molar-refractivity contribution in [3.63, 3.8) is 0 Å². The highest BCUT2D eigenvalue weighted by Gasteiger charge is 2.45. The predicted octanol–water partition coefficient (Wildman–Crippen LogP) is 7.76. The van der Waals surface area contributed by atoms with Crippen LogP contribution in [0.1, 0.15) is 63.5 Å². The number of H-pyrrole nitrogens is 1. The van der Waals surface area contributed by atoms with E-state index in [0.717, 1.165) is 22.4 Å². The molecule has 1 aliphatic rings. The summed E-state index contributed by atoms with van der Waals surface area (Å²) in [6.45, 7) is 8.40. The van der Waals surface area contributed by atoms with E-state index in [-0.39, 0.29) is 49.4 Å². The number of nitriles is 1. The average molecular weight is 874 g/mol. The number of aromatic amines is 1. The second kappa shape index (κ2) is 20.5. The van der Waals surface area contributed by atoms with E-state index in [2.05, 4.69) is 53.7 Å². The number of para-hydroxylation sites is 1. The van der Waals surface area contributed by atoms with Crippen LogP contribution >= 0.6 is 8.53 Å². The molecule has 1 saturated heterocycles. The third-order valence-electron chi connectivity index (χ3n) is 10.8. The van der Waals surface area contributed by atoms with Gasteiger partial charge < -0.3 is 28.0 Å². The molecule has 7 rings (SSSR count). The monoisotopic (exact) mass is 873 g/mol. The van der Waals surface area contributed by atoms with Crippen molar-refractivity contribution in [3.8, 4) is 34.5 Å². The Labute approximate surface area is 367 Å². The van der Waals surface area contributed by atoms with Gasteiger partial charge in [-0.25, -0.2) is 14.1 Å². The molecule has 0 saturated carbocycles. The molecule has 0 bridgehead atoms. The van der Waals surface area contributed by atoms with Gasteiger partial charge in [-0.15, -0.1) is 5.10 Å². The number of rotatable bonds is 19. The molecule has 16 heteroatoms. The Morgan fingerprint density at radius 1 is 0.857 bits per heavy atom. The minimum Gasteiger partial charge on any atom is -0.497 e. The fourth-order valence-electron chi connectivity index (χ4n) is 7.80. The minimum atomic E-state index is -1.74. The second-order valence-electron chi connectivity index (χ2n) is 15.5. The smallest absolute Gasteiger partial charge is 0.330 e. The SMILES string of the molecule is COc1ccc(C(OC[C@H]2O[C@@H](n3cc(-c4cn(-c5ccccc5)nn4)c(=O)[nH]c3=O)C[C@@H]2OP(OCCC#N)N(C(C)C)C(C)C)(c2ccccc2)c2ccc(OC)cc2)cc1. The summed E-state index contributed by atoms with van der Waals surface area (Å²) in [5, 5.41) is 17.9. The maximum atomic E-state index is 13.7. The van der Waals surface area contributed by atoms with E-state index >= 15 is 0 Å². The first-order chi connectivity index (χ1) is 30.6. The van der Waals surface area contributed by atoms with Crippen LogP contribution in [0.15, 0.2) is 131 Å². The van der Waals surface area contributed by atoms with Gasteiger partial charge in [0, 0.05) is 24.7 Å². The zero-order valence-electron chi connectivity index (χ0n) is 36.2. The molecule has 0 radical (unpaired) electrons. The Hall–Kier alpha value is -5.98. The summed E-state index contributed by atoms with van der Waals surface area (Å²) in [5.74, 6) is 1.37. The summed E-state index contributed by atoms with van der Waals surface area (Å²) in [5.41, 5.74) is 1.18. The van der Waals surface area contributed by atoms with E-state index in [4.69, 9.17) is 28.0 Å². The number of nitrogens with one attached hydrogen (secondary N) is 1. The Morgan fingerprint density at radius 3 is 2.02 bits per heavy atom. The Kier molecular flexibility index (Phi) is 14.6. The van der Waals surface area contributed by atoms with Crippen LogP contribution in [0.3, 0.4) is 0 Å². The molecule has 4 atom stereocenters. The van der Waals surface area contributed by atoms with Gasteiger partial charge in [-0.2, -0.15) is 5.26 Å². The zero-order chi connectivity index (χ0) is 44.5. The minimum absolute atomic E-state index is 0.0186. The van der Waals surface area contributed by atoms with Crippen LogP contribution in [0.25, 0.3) is 16.9 Å². The summed E-state index contributed by atoms with van der Waals surface area (Å²) in [6, 6.07) is 37.0. The lowest BCUT2D eigenvalue weighted by Gasteiger charge is -2.39. The van der Waals surface area contributed by atoms with Crippen molar-refractivity contribution in [2.45, 2.75) is 76.7 Å². The third-order valence-corrected chi connectivity index (χ3v) is 12.9. The lowest BCUT2D eigenvalue weighted by molar-refractivity contribution is -0.0925. The lowest BCUT2D eigenvalue weighted by atomic mass is 9.80. The molecule has 3 heterocycles. The average Bonchev–Trinajstić information content (AvgIpc) is 3.95. The van der Waals surface area contributed by atoms with E-state index in [0.29, 0.717) is 11.5 Å². The van der Waals surface area contributed by atoms with Gasteiger partial charge in [-0.3, -0.25) is 14.3 Å². The normalized spacial score (nSPS) is 17.0. The van der Waals surface area contributed by atoms with Crippen LogP contribution in [0, 0.1) is 11.3 Å². The molecule has 1 fully saturated rings. The molecular formula is C47H52N7O8P. The van der Waals surface area contributed by atoms with Gasteiger partial charge in [0.15, 0.2) is 0 Å². The van der Waals surface area contributed by atoms with Crippen LogP contribution < -0.4 is 20.7 Å². The first-order valence-corrected chi connectivity index (χ1v) is 21.9. The highest BCUT2D eigenvalue weighted by Crippen LogP contribution is 2.51. The number of aromatic nitrogens is 5. The third kappa shape index (κ3) is 9.97. The van der Waals surface area contributed by atoms with Crippen molar-refractivity contribution in [3.05, 3.63) is 159 Å². The summed E-state index contributed by atoms with van der Waals surface area (Å²) in [4.78, 5) is 29.6. The highest BCUT2D eigenvalue weighted by molar-refractivity contribution is 7.44. The van der Waals surface area contributed by atoms with E-state index in [1.54, 1.807) is 25.1 Å². The Balaban J connectivity index is 1.31. The first kappa shape index (κ1) is 45.1. The number of benzene rings is 4. The van der Waals surface area contributed by atoms with E-state index in [1.807, 2.05) is 109 Å². The number of methoxy groups -OCH3 is 2. The van der Waals surface area contributed by atoms with Crippen molar-refractivity contribution in [2.24, 2.45) is 0 Å². The molecule has 1 N–H and O–H groups in total. The maximum absolute atomic E-state index is 13.7. The standard InChI is InChI=1S/C47H52N7O8P/c1-32(2)54(33(3)4)63(60-27-13-26-48)62-42-28-44(52-29-40(45(55)49-46(52)56)41-30-53(51-50-41)37-16-11-8-12-17-37)61-43(42)31-59-47(34-14-9-7-10-15-34,35-18-22-38(57-5)23-19-35)36-20-24-39(58-6)25-21-36/h7-12,14-25,29-30,32-33,42-44H,13,27-28,31H2,1-6H3,(H,49,55,56)/t42-,43+,44+,63?/m0/s1. The number of ether oxygens (including phenoxy) is 4. The Morgan fingerprint density at radius 2 is 1.44 bits per heavy atom. The van der Waals surface area contributed by atoms with E-state index < -0.39 is 43.8 Å². The van der Waals surface area contributed by atoms with Crippen molar-refractivity contribution in [1.82, 2.24) is 29.2 Å². The molecule has 0 spiro atoms. The lowest BCUT2D eigenvalue weighted by Crippen LogP contribution is -2.39. The van der Waals surface area contributed by atoms with Crippen LogP contribution in [0.5, 0.6) is 11.5 Å². The summed E-state index contributed by atoms with van der Waals surface area (Å²) in [7, 11) is 1.50. The predicted molar refractivity (Wildman–Crippen MR) is 239 cm³/mol. The second-order valence-corrected chi connectivity index (χ2v) is 16.9. The number of hydrogen-bond donors (Lipinski definition) is 1. The topological polar surface area (TPSA) is 168 Å². The van der Waals surface area contributed by atoms with Gasteiger partial charge in [-0.05, 0) is 80.8 Å². The van der Waals surface area contributed by atoms with Crippen LogP contribution in [-0.2, 0) is 24.1 Å². The number of hydrogen-bond acceptors (Lipinski definition) is 12. The van der Waals surface area contributed by atoms with Gasteiger partial charge >= 0.3 is 5.69 Å². The van der Waals surface area contributed by atoms with Gasteiger partial charge in [-0.1, -0.05) is 78.0 Å². The van der Waals surface area contributed by atoms with Crippen LogP contribution in [0.2, 0.25) is 0 Å². The first-order valence-electron chi connectivity index (χ1n) is 20.8. The quantitative estimate of drug-likeness (QED) is 0.0478. The van der Waals surface area contributed by atoms with Gasteiger partial charge in [0.25, 0.3) is 14.1 Å². The van der Waals surface area contributed by atoms with Crippen LogP contribution in [-0.4, -0.2) is 80.9 Å².